The molecule has 2 heterocycles. The molecule has 0 bridgehead atoms. The number of amides is 1. The maximum Gasteiger partial charge on any atom is 0.221 e. The zero-order valence-corrected chi connectivity index (χ0v) is 12.7. The van der Waals surface area contributed by atoms with Gasteiger partial charge in [-0.15, -0.1) is 0 Å². The molecule has 2 N–H and O–H groups in total. The molecule has 1 amide bonds. The van der Waals surface area contributed by atoms with E-state index in [0.29, 0.717) is 18.9 Å². The smallest absolute Gasteiger partial charge is 0.221 e. The van der Waals surface area contributed by atoms with Gasteiger partial charge in [0.2, 0.25) is 5.91 Å². The first-order chi connectivity index (χ1) is 9.78. The lowest BCUT2D eigenvalue weighted by Crippen LogP contribution is -2.45. The Hall–Kier alpha value is -0.650. The Labute approximate surface area is 122 Å². The van der Waals surface area contributed by atoms with Crippen molar-refractivity contribution >= 4 is 5.91 Å². The van der Waals surface area contributed by atoms with E-state index in [-0.39, 0.29) is 11.9 Å². The molecular formula is C15H29N3O2. The van der Waals surface area contributed by atoms with Crippen LogP contribution in [-0.2, 0) is 9.53 Å². The molecule has 0 aliphatic carbocycles. The van der Waals surface area contributed by atoms with Crippen molar-refractivity contribution < 1.29 is 9.53 Å². The predicted molar refractivity (Wildman–Crippen MR) is 79.7 cm³/mol. The number of hydrogen-bond donors (Lipinski definition) is 2. The Morgan fingerprint density at radius 3 is 2.85 bits per heavy atom. The van der Waals surface area contributed by atoms with Crippen LogP contribution in [0, 0.1) is 5.92 Å². The van der Waals surface area contributed by atoms with E-state index in [9.17, 15) is 4.79 Å². The molecule has 5 heteroatoms. The second kappa shape index (κ2) is 8.60. The Bertz CT molecular complexity index is 285. The highest BCUT2D eigenvalue weighted by molar-refractivity contribution is 5.76. The normalized spacial score (nSPS) is 25.6. The average Bonchev–Trinajstić information content (AvgIpc) is 2.48. The molecule has 20 heavy (non-hydrogen) atoms. The van der Waals surface area contributed by atoms with Crippen LogP contribution in [0.25, 0.3) is 0 Å². The van der Waals surface area contributed by atoms with E-state index in [0.717, 1.165) is 19.7 Å². The summed E-state index contributed by atoms with van der Waals surface area (Å²) >= 11 is 0. The van der Waals surface area contributed by atoms with Crippen LogP contribution in [0.15, 0.2) is 0 Å². The van der Waals surface area contributed by atoms with Gasteiger partial charge in [-0.25, -0.2) is 0 Å². The van der Waals surface area contributed by atoms with E-state index in [1.165, 1.54) is 38.9 Å². The number of rotatable bonds is 6. The standard InChI is InChI=1S/C15H29N3O2/c1-2-6-18-7-3-13(4-8-18)11-17-15(19)10-14-12-20-9-5-16-14/h13-14,16H,2-12H2,1H3,(H,17,19). The maximum absolute atomic E-state index is 11.9. The highest BCUT2D eigenvalue weighted by Gasteiger charge is 2.20. The monoisotopic (exact) mass is 283 g/mol. The van der Waals surface area contributed by atoms with Crippen LogP contribution in [0.4, 0.5) is 0 Å². The van der Waals surface area contributed by atoms with E-state index >= 15 is 0 Å². The summed E-state index contributed by atoms with van der Waals surface area (Å²) in [6, 6.07) is 0.190. The van der Waals surface area contributed by atoms with Gasteiger partial charge in [-0.1, -0.05) is 6.92 Å². The van der Waals surface area contributed by atoms with Gasteiger partial charge in [0.1, 0.15) is 0 Å². The van der Waals surface area contributed by atoms with Crippen molar-refractivity contribution in [2.75, 3.05) is 45.9 Å². The van der Waals surface area contributed by atoms with Gasteiger partial charge in [-0.2, -0.15) is 0 Å². The summed E-state index contributed by atoms with van der Waals surface area (Å²) in [4.78, 5) is 14.4. The maximum atomic E-state index is 11.9. The molecule has 2 saturated heterocycles. The minimum absolute atomic E-state index is 0.156. The lowest BCUT2D eigenvalue weighted by atomic mass is 9.96. The minimum atomic E-state index is 0.156. The molecule has 1 atom stereocenters. The zero-order chi connectivity index (χ0) is 14.2. The molecular weight excluding hydrogens is 254 g/mol. The third-order valence-electron chi connectivity index (χ3n) is 4.27. The number of nitrogens with zero attached hydrogens (tertiary/aromatic N) is 1. The van der Waals surface area contributed by atoms with Crippen LogP contribution in [0.1, 0.15) is 32.6 Å². The lowest BCUT2D eigenvalue weighted by Gasteiger charge is -2.31. The second-order valence-corrected chi connectivity index (χ2v) is 6.02. The molecule has 0 radical (unpaired) electrons. The second-order valence-electron chi connectivity index (χ2n) is 6.02. The first-order valence-corrected chi connectivity index (χ1v) is 8.08. The molecule has 1 unspecified atom stereocenters. The van der Waals surface area contributed by atoms with Crippen LogP contribution < -0.4 is 10.6 Å². The number of nitrogens with one attached hydrogen (secondary N) is 2. The summed E-state index contributed by atoms with van der Waals surface area (Å²) in [5, 5.41) is 6.41. The quantitative estimate of drug-likeness (QED) is 0.750. The average molecular weight is 283 g/mol. The fourth-order valence-corrected chi connectivity index (χ4v) is 3.04. The van der Waals surface area contributed by atoms with Gasteiger partial charge in [-0.3, -0.25) is 4.79 Å². The molecule has 2 aliphatic heterocycles. The van der Waals surface area contributed by atoms with Crippen LogP contribution in [-0.4, -0.2) is 62.8 Å². The molecule has 2 fully saturated rings. The van der Waals surface area contributed by atoms with Crippen LogP contribution >= 0.6 is 0 Å². The number of ether oxygens (including phenoxy) is 1. The number of morpholine rings is 1. The summed E-state index contributed by atoms with van der Waals surface area (Å²) < 4.78 is 5.36. The molecule has 116 valence electrons. The number of carbonyl (C=O) groups is 1. The van der Waals surface area contributed by atoms with E-state index < -0.39 is 0 Å². The highest BCUT2D eigenvalue weighted by Crippen LogP contribution is 2.16. The molecule has 2 aliphatic rings. The lowest BCUT2D eigenvalue weighted by molar-refractivity contribution is -0.122. The van der Waals surface area contributed by atoms with Crippen molar-refractivity contribution in [1.29, 1.82) is 0 Å². The fourth-order valence-electron chi connectivity index (χ4n) is 3.04. The van der Waals surface area contributed by atoms with Gasteiger partial charge in [0.05, 0.1) is 13.2 Å². The number of carbonyl (C=O) groups excluding carboxylic acids is 1. The van der Waals surface area contributed by atoms with Gasteiger partial charge in [0, 0.05) is 25.6 Å². The first-order valence-electron chi connectivity index (χ1n) is 8.08. The Balaban J connectivity index is 1.57. The van der Waals surface area contributed by atoms with Gasteiger partial charge in [0.15, 0.2) is 0 Å². The highest BCUT2D eigenvalue weighted by atomic mass is 16.5. The van der Waals surface area contributed by atoms with Crippen LogP contribution in [0.5, 0.6) is 0 Å². The Kier molecular flexibility index (Phi) is 6.76. The third-order valence-corrected chi connectivity index (χ3v) is 4.27. The number of piperidine rings is 1. The van der Waals surface area contributed by atoms with E-state index in [4.69, 9.17) is 4.74 Å². The SMILES string of the molecule is CCCN1CCC(CNC(=O)CC2COCCN2)CC1. The Morgan fingerprint density at radius 1 is 1.40 bits per heavy atom. The van der Waals surface area contributed by atoms with E-state index in [1.54, 1.807) is 0 Å². The van der Waals surface area contributed by atoms with Gasteiger partial charge in [-0.05, 0) is 44.8 Å². The van der Waals surface area contributed by atoms with Gasteiger partial charge < -0.3 is 20.3 Å². The summed E-state index contributed by atoms with van der Waals surface area (Å²) in [5.41, 5.74) is 0. The molecule has 5 nitrogen and oxygen atoms in total. The summed E-state index contributed by atoms with van der Waals surface area (Å²) in [6.45, 7) is 8.93. The fraction of sp³-hybridized carbons (Fsp3) is 0.933. The predicted octanol–water partition coefficient (Wildman–Crippen LogP) is 0.603. The van der Waals surface area contributed by atoms with Crippen molar-refractivity contribution in [3.8, 4) is 0 Å². The van der Waals surface area contributed by atoms with Gasteiger partial charge in [0.25, 0.3) is 0 Å². The first kappa shape index (κ1) is 15.7. The molecule has 0 spiro atoms. The number of likely N-dealkylation sites (tertiary alicyclic amines) is 1. The van der Waals surface area contributed by atoms with Crippen LogP contribution in [0.2, 0.25) is 0 Å². The summed E-state index contributed by atoms with van der Waals surface area (Å²) in [7, 11) is 0. The molecule has 2 rings (SSSR count). The largest absolute Gasteiger partial charge is 0.378 e. The van der Waals surface area contributed by atoms with Gasteiger partial charge >= 0.3 is 0 Å². The van der Waals surface area contributed by atoms with Crippen molar-refractivity contribution in [2.24, 2.45) is 5.92 Å². The van der Waals surface area contributed by atoms with E-state index in [2.05, 4.69) is 22.5 Å². The topological polar surface area (TPSA) is 53.6 Å². The van der Waals surface area contributed by atoms with E-state index in [1.807, 2.05) is 0 Å². The molecule has 0 aromatic heterocycles. The summed E-state index contributed by atoms with van der Waals surface area (Å²) in [5.74, 6) is 0.812. The van der Waals surface area contributed by atoms with Crippen molar-refractivity contribution in [3.63, 3.8) is 0 Å². The molecule has 0 saturated carbocycles. The van der Waals surface area contributed by atoms with Crippen molar-refractivity contribution in [3.05, 3.63) is 0 Å². The number of hydrogen-bond acceptors (Lipinski definition) is 4. The third kappa shape index (κ3) is 5.38. The molecule has 0 aromatic carbocycles. The minimum Gasteiger partial charge on any atom is -0.378 e. The molecule has 0 aromatic rings. The Morgan fingerprint density at radius 2 is 2.20 bits per heavy atom. The van der Waals surface area contributed by atoms with Crippen LogP contribution in [0.3, 0.4) is 0 Å². The summed E-state index contributed by atoms with van der Waals surface area (Å²) in [6.07, 6.45) is 4.20. The van der Waals surface area contributed by atoms with Crippen molar-refractivity contribution in [2.45, 2.75) is 38.6 Å². The van der Waals surface area contributed by atoms with Crippen molar-refractivity contribution in [1.82, 2.24) is 15.5 Å². The zero-order valence-electron chi connectivity index (χ0n) is 12.7.